The maximum atomic E-state index is 9.68. The van der Waals surface area contributed by atoms with Crippen molar-refractivity contribution >= 4 is 79.0 Å². The Balaban J connectivity index is 0.972. The normalized spacial score (nSPS) is 11.2. The standard InChI is InChI=1S/C63H44N6/c1-3-13-56-58-40-54(36-38-62(58)68(60(56)4-2)48-14-7-5-8-15-48)66(50-28-20-44(42-64)21-29-50)52-32-24-46(25-33-52)47-26-34-53(35-27-47)67(51-30-22-45(43-65)23-31-51)55-37-39-63-59(41-55)57-18-11-12-19-61(57)69(63)49-16-9-6-10-17-49/h3-41H,2H2,1H3/b13-3-. The summed E-state index contributed by atoms with van der Waals surface area (Å²) in [6.07, 6.45) is 6.16. The van der Waals surface area contributed by atoms with Crippen molar-refractivity contribution in [3.63, 3.8) is 0 Å². The summed E-state index contributed by atoms with van der Waals surface area (Å²) in [4.78, 5) is 4.49. The first-order valence-electron chi connectivity index (χ1n) is 22.9. The number of benzene rings is 9. The maximum absolute atomic E-state index is 9.68. The van der Waals surface area contributed by atoms with Gasteiger partial charge in [0.1, 0.15) is 0 Å². The third-order valence-corrected chi connectivity index (χ3v) is 12.8. The van der Waals surface area contributed by atoms with Crippen LogP contribution in [0.1, 0.15) is 29.3 Å². The van der Waals surface area contributed by atoms with Crippen molar-refractivity contribution in [1.29, 1.82) is 10.5 Å². The summed E-state index contributed by atoms with van der Waals surface area (Å²) in [6.45, 7) is 6.27. The highest BCUT2D eigenvalue weighted by atomic mass is 15.1. The molecule has 0 saturated carbocycles. The number of anilines is 6. The molecule has 9 aromatic carbocycles. The number of hydrogen-bond acceptors (Lipinski definition) is 4. The highest BCUT2D eigenvalue weighted by Gasteiger charge is 2.21. The highest BCUT2D eigenvalue weighted by Crippen LogP contribution is 2.43. The van der Waals surface area contributed by atoms with Crippen molar-refractivity contribution in [2.45, 2.75) is 6.92 Å². The summed E-state index contributed by atoms with van der Waals surface area (Å²) >= 11 is 0. The lowest BCUT2D eigenvalue weighted by molar-refractivity contribution is 1.11. The van der Waals surface area contributed by atoms with E-state index in [1.165, 1.54) is 5.39 Å². The SMILES string of the molecule is C=Cc1c(/C=C\C)c2cc(N(c3ccc(C#N)cc3)c3ccc(-c4ccc(N(c5ccc(C#N)cc5)c5ccc6c(c5)c5ccccc5n6-c5ccccc5)cc4)cc3)ccc2n1-c1ccccc1. The summed E-state index contributed by atoms with van der Waals surface area (Å²) in [5.41, 5.74) is 16.9. The van der Waals surface area contributed by atoms with Gasteiger partial charge in [0, 0.05) is 67.2 Å². The van der Waals surface area contributed by atoms with Crippen LogP contribution in [-0.4, -0.2) is 9.13 Å². The van der Waals surface area contributed by atoms with E-state index in [4.69, 9.17) is 0 Å². The van der Waals surface area contributed by atoms with Crippen LogP contribution >= 0.6 is 0 Å². The first kappa shape index (κ1) is 42.0. The topological polar surface area (TPSA) is 63.9 Å². The molecule has 0 unspecified atom stereocenters. The van der Waals surface area contributed by atoms with Gasteiger partial charge in [-0.25, -0.2) is 0 Å². The molecule has 6 nitrogen and oxygen atoms in total. The Kier molecular flexibility index (Phi) is 11.0. The average molecular weight is 885 g/mol. The van der Waals surface area contributed by atoms with E-state index in [0.717, 1.165) is 95.2 Å². The molecule has 0 fully saturated rings. The van der Waals surface area contributed by atoms with E-state index in [0.29, 0.717) is 11.1 Å². The van der Waals surface area contributed by atoms with Gasteiger partial charge in [0.2, 0.25) is 0 Å². The van der Waals surface area contributed by atoms with Crippen LogP contribution in [0.15, 0.2) is 231 Å². The second-order valence-corrected chi connectivity index (χ2v) is 16.8. The number of fused-ring (bicyclic) bond motifs is 4. The predicted molar refractivity (Wildman–Crippen MR) is 287 cm³/mol. The zero-order valence-corrected chi connectivity index (χ0v) is 37.9. The van der Waals surface area contributed by atoms with E-state index in [1.54, 1.807) is 0 Å². The van der Waals surface area contributed by atoms with Gasteiger partial charge in [0.05, 0.1) is 45.5 Å². The van der Waals surface area contributed by atoms with Gasteiger partial charge < -0.3 is 18.9 Å². The zero-order valence-electron chi connectivity index (χ0n) is 37.9. The summed E-state index contributed by atoms with van der Waals surface area (Å²) < 4.78 is 4.59. The second kappa shape index (κ2) is 18.0. The third-order valence-electron chi connectivity index (χ3n) is 12.8. The molecule has 0 atom stereocenters. The smallest absolute Gasteiger partial charge is 0.0991 e. The fraction of sp³-hybridized carbons (Fsp3) is 0.0159. The minimum Gasteiger partial charge on any atom is -0.310 e. The van der Waals surface area contributed by atoms with Gasteiger partial charge in [-0.2, -0.15) is 10.5 Å². The van der Waals surface area contributed by atoms with E-state index >= 15 is 0 Å². The molecule has 0 N–H and O–H groups in total. The zero-order chi connectivity index (χ0) is 46.8. The van der Waals surface area contributed by atoms with Gasteiger partial charge in [0.15, 0.2) is 0 Å². The van der Waals surface area contributed by atoms with Crippen molar-refractivity contribution in [3.05, 3.63) is 253 Å². The minimum absolute atomic E-state index is 0.604. The largest absolute Gasteiger partial charge is 0.310 e. The molecule has 2 aromatic heterocycles. The van der Waals surface area contributed by atoms with E-state index in [-0.39, 0.29) is 0 Å². The summed E-state index contributed by atoms with van der Waals surface area (Å²) in [5.74, 6) is 0. The Hall–Kier alpha value is -9.62. The Labute approximate surface area is 401 Å². The number of nitriles is 2. The maximum Gasteiger partial charge on any atom is 0.0991 e. The number of rotatable bonds is 11. The fourth-order valence-corrected chi connectivity index (χ4v) is 9.69. The van der Waals surface area contributed by atoms with Gasteiger partial charge in [-0.3, -0.25) is 0 Å². The van der Waals surface area contributed by atoms with Crippen molar-refractivity contribution in [2.24, 2.45) is 0 Å². The van der Waals surface area contributed by atoms with E-state index in [9.17, 15) is 10.5 Å². The van der Waals surface area contributed by atoms with Crippen LogP contribution in [-0.2, 0) is 0 Å². The van der Waals surface area contributed by atoms with Crippen molar-refractivity contribution in [3.8, 4) is 34.6 Å². The summed E-state index contributed by atoms with van der Waals surface area (Å²) in [5, 5.41) is 22.8. The fourth-order valence-electron chi connectivity index (χ4n) is 9.69. The molecule has 0 amide bonds. The minimum atomic E-state index is 0.604. The molecule has 0 bridgehead atoms. The van der Waals surface area contributed by atoms with Gasteiger partial charge in [-0.1, -0.05) is 97.6 Å². The first-order chi connectivity index (χ1) is 34.0. The van der Waals surface area contributed by atoms with Gasteiger partial charge in [-0.15, -0.1) is 0 Å². The van der Waals surface area contributed by atoms with Crippen LogP contribution < -0.4 is 9.80 Å². The lowest BCUT2D eigenvalue weighted by Gasteiger charge is -2.26. The van der Waals surface area contributed by atoms with Gasteiger partial charge in [-0.05, 0) is 164 Å². The average Bonchev–Trinajstić information content (AvgIpc) is 3.91. The molecule has 326 valence electrons. The lowest BCUT2D eigenvalue weighted by atomic mass is 10.0. The van der Waals surface area contributed by atoms with Crippen LogP contribution in [0, 0.1) is 22.7 Å². The molecule has 69 heavy (non-hydrogen) atoms. The van der Waals surface area contributed by atoms with Crippen LogP contribution in [0.4, 0.5) is 34.1 Å². The monoisotopic (exact) mass is 884 g/mol. The number of allylic oxidation sites excluding steroid dienone is 1. The molecule has 0 aliphatic rings. The number of para-hydroxylation sites is 3. The molecule has 2 heterocycles. The highest BCUT2D eigenvalue weighted by molar-refractivity contribution is 6.10. The van der Waals surface area contributed by atoms with Crippen molar-refractivity contribution in [1.82, 2.24) is 9.13 Å². The summed E-state index contributed by atoms with van der Waals surface area (Å²) in [6, 6.07) is 80.1. The molecule has 6 heteroatoms. The van der Waals surface area contributed by atoms with Gasteiger partial charge >= 0.3 is 0 Å². The Morgan fingerprint density at radius 1 is 0.420 bits per heavy atom. The van der Waals surface area contributed by atoms with Crippen molar-refractivity contribution < 1.29 is 0 Å². The quantitative estimate of drug-likeness (QED) is 0.130. The molecular formula is C63H44N6. The van der Waals surface area contributed by atoms with Crippen LogP contribution in [0.3, 0.4) is 0 Å². The lowest BCUT2D eigenvalue weighted by Crippen LogP contribution is -2.10. The third kappa shape index (κ3) is 7.59. The molecule has 0 spiro atoms. The van der Waals surface area contributed by atoms with Crippen LogP contribution in [0.5, 0.6) is 0 Å². The molecule has 11 rings (SSSR count). The molecule has 0 aliphatic carbocycles. The van der Waals surface area contributed by atoms with Crippen LogP contribution in [0.25, 0.3) is 67.4 Å². The number of aromatic nitrogens is 2. The first-order valence-corrected chi connectivity index (χ1v) is 22.9. The summed E-state index contributed by atoms with van der Waals surface area (Å²) in [7, 11) is 0. The number of nitrogens with zero attached hydrogens (tertiary/aromatic N) is 6. The Bertz CT molecular complexity index is 3790. The molecule has 11 aromatic rings. The Morgan fingerprint density at radius 2 is 0.826 bits per heavy atom. The molecular weight excluding hydrogens is 841 g/mol. The van der Waals surface area contributed by atoms with E-state index in [2.05, 4.69) is 208 Å². The second-order valence-electron chi connectivity index (χ2n) is 16.8. The Morgan fingerprint density at radius 3 is 1.30 bits per heavy atom. The molecule has 0 aliphatic heterocycles. The molecule has 0 radical (unpaired) electrons. The van der Waals surface area contributed by atoms with E-state index < -0.39 is 0 Å². The van der Waals surface area contributed by atoms with Gasteiger partial charge in [0.25, 0.3) is 0 Å². The van der Waals surface area contributed by atoms with Crippen LogP contribution in [0.2, 0.25) is 0 Å². The van der Waals surface area contributed by atoms with E-state index in [1.807, 2.05) is 73.7 Å². The van der Waals surface area contributed by atoms with Crippen molar-refractivity contribution in [2.75, 3.05) is 9.80 Å². The predicted octanol–water partition coefficient (Wildman–Crippen LogP) is 16.8. The molecule has 0 saturated heterocycles. The number of hydrogen-bond donors (Lipinski definition) is 0.